The van der Waals surface area contributed by atoms with Crippen LogP contribution in [-0.4, -0.2) is 44.1 Å². The minimum Gasteiger partial charge on any atom is -0.484 e. The molecule has 0 saturated carbocycles. The Kier molecular flexibility index (Phi) is 6.11. The number of ketones is 1. The molecule has 1 aliphatic rings. The number of Topliss-reactive ketones (excluding diaryl/α,β-unsaturated/α-hetero) is 1. The van der Waals surface area contributed by atoms with Crippen LogP contribution in [0.1, 0.15) is 30.1 Å². The van der Waals surface area contributed by atoms with Crippen molar-refractivity contribution in [1.82, 2.24) is 4.31 Å². The number of nitrogens with one attached hydrogen (secondary N) is 1. The number of rotatable bonds is 7. The number of hydrogen-bond donors (Lipinski definition) is 1. The minimum absolute atomic E-state index is 0.0421. The van der Waals surface area contributed by atoms with Crippen molar-refractivity contribution in [2.24, 2.45) is 0 Å². The third-order valence-corrected chi connectivity index (χ3v) is 6.38. The van der Waals surface area contributed by atoms with Crippen LogP contribution in [0.25, 0.3) is 0 Å². The number of hydrogen-bond acceptors (Lipinski definition) is 5. The molecule has 0 radical (unpaired) electrons. The van der Waals surface area contributed by atoms with E-state index in [4.69, 9.17) is 4.74 Å². The summed E-state index contributed by atoms with van der Waals surface area (Å²) in [6.45, 7) is 2.37. The lowest BCUT2D eigenvalue weighted by Crippen LogP contribution is -2.27. The minimum atomic E-state index is -3.47. The van der Waals surface area contributed by atoms with Gasteiger partial charge in [-0.3, -0.25) is 9.59 Å². The van der Waals surface area contributed by atoms with Gasteiger partial charge in [-0.1, -0.05) is 0 Å². The lowest BCUT2D eigenvalue weighted by Gasteiger charge is -2.15. The van der Waals surface area contributed by atoms with Crippen molar-refractivity contribution in [3.05, 3.63) is 54.1 Å². The van der Waals surface area contributed by atoms with Gasteiger partial charge in [0.1, 0.15) is 5.75 Å². The van der Waals surface area contributed by atoms with Gasteiger partial charge in [0, 0.05) is 24.3 Å². The SMILES string of the molecule is CC(=O)c1ccc(OCC(=O)Nc2ccc(S(=O)(=O)N3CCCC3)cc2)cc1. The smallest absolute Gasteiger partial charge is 0.262 e. The Morgan fingerprint density at radius 1 is 1.00 bits per heavy atom. The van der Waals surface area contributed by atoms with Gasteiger partial charge in [0.05, 0.1) is 4.90 Å². The molecular weight excluding hydrogens is 380 g/mol. The van der Waals surface area contributed by atoms with Gasteiger partial charge in [-0.05, 0) is 68.3 Å². The van der Waals surface area contributed by atoms with Gasteiger partial charge < -0.3 is 10.1 Å². The van der Waals surface area contributed by atoms with Crippen molar-refractivity contribution in [2.45, 2.75) is 24.7 Å². The topological polar surface area (TPSA) is 92.8 Å². The van der Waals surface area contributed by atoms with Gasteiger partial charge in [-0.2, -0.15) is 4.31 Å². The second-order valence-electron chi connectivity index (χ2n) is 6.55. The van der Waals surface area contributed by atoms with E-state index in [1.165, 1.54) is 23.4 Å². The fraction of sp³-hybridized carbons (Fsp3) is 0.300. The first kappa shape index (κ1) is 20.0. The molecule has 148 valence electrons. The second-order valence-corrected chi connectivity index (χ2v) is 8.49. The molecule has 0 bridgehead atoms. The summed E-state index contributed by atoms with van der Waals surface area (Å²) in [5, 5.41) is 2.66. The van der Waals surface area contributed by atoms with Crippen molar-refractivity contribution < 1.29 is 22.7 Å². The highest BCUT2D eigenvalue weighted by Crippen LogP contribution is 2.22. The van der Waals surface area contributed by atoms with Crippen LogP contribution >= 0.6 is 0 Å². The number of ether oxygens (including phenoxy) is 1. The summed E-state index contributed by atoms with van der Waals surface area (Å²) < 4.78 is 31.9. The summed E-state index contributed by atoms with van der Waals surface area (Å²) in [6.07, 6.45) is 1.76. The average molecular weight is 402 g/mol. The van der Waals surface area contributed by atoms with E-state index in [2.05, 4.69) is 5.32 Å². The summed E-state index contributed by atoms with van der Waals surface area (Å²) in [5.74, 6) is 0.0671. The van der Waals surface area contributed by atoms with Crippen molar-refractivity contribution in [3.63, 3.8) is 0 Å². The maximum Gasteiger partial charge on any atom is 0.262 e. The van der Waals surface area contributed by atoms with Crippen molar-refractivity contribution >= 4 is 27.4 Å². The molecule has 2 aromatic rings. The molecule has 7 nitrogen and oxygen atoms in total. The average Bonchev–Trinajstić information content (AvgIpc) is 3.23. The summed E-state index contributed by atoms with van der Waals surface area (Å²) >= 11 is 0. The molecule has 1 fully saturated rings. The monoisotopic (exact) mass is 402 g/mol. The Bertz CT molecular complexity index is 947. The highest BCUT2D eigenvalue weighted by atomic mass is 32.2. The Morgan fingerprint density at radius 2 is 1.61 bits per heavy atom. The van der Waals surface area contributed by atoms with E-state index < -0.39 is 10.0 Å². The van der Waals surface area contributed by atoms with E-state index in [0.29, 0.717) is 30.1 Å². The number of nitrogens with zero attached hydrogens (tertiary/aromatic N) is 1. The number of sulfonamides is 1. The molecule has 8 heteroatoms. The number of carbonyl (C=O) groups excluding carboxylic acids is 2. The molecule has 1 N–H and O–H groups in total. The zero-order valence-corrected chi connectivity index (χ0v) is 16.4. The van der Waals surface area contributed by atoms with Gasteiger partial charge >= 0.3 is 0 Å². The zero-order chi connectivity index (χ0) is 20.1. The van der Waals surface area contributed by atoms with Crippen LogP contribution in [0, 0.1) is 0 Å². The molecule has 3 rings (SSSR count). The molecule has 1 heterocycles. The molecule has 1 aliphatic heterocycles. The van der Waals surface area contributed by atoms with E-state index in [-0.39, 0.29) is 23.2 Å². The Morgan fingerprint density at radius 3 is 2.18 bits per heavy atom. The van der Waals surface area contributed by atoms with Crippen LogP contribution in [0.2, 0.25) is 0 Å². The molecule has 0 aliphatic carbocycles. The van der Waals surface area contributed by atoms with Gasteiger partial charge in [0.15, 0.2) is 12.4 Å². The summed E-state index contributed by atoms with van der Waals surface area (Å²) in [4.78, 5) is 23.5. The maximum atomic E-state index is 12.5. The molecule has 0 atom stereocenters. The Hall–Kier alpha value is -2.71. The molecule has 2 aromatic carbocycles. The fourth-order valence-corrected chi connectivity index (χ4v) is 4.44. The molecule has 28 heavy (non-hydrogen) atoms. The third-order valence-electron chi connectivity index (χ3n) is 4.47. The Balaban J connectivity index is 1.55. The first-order chi connectivity index (χ1) is 13.4. The molecule has 1 saturated heterocycles. The zero-order valence-electron chi connectivity index (χ0n) is 15.6. The number of anilines is 1. The first-order valence-corrected chi connectivity index (χ1v) is 10.4. The molecule has 1 amide bonds. The lowest BCUT2D eigenvalue weighted by molar-refractivity contribution is -0.118. The van der Waals surface area contributed by atoms with Crippen molar-refractivity contribution in [2.75, 3.05) is 25.0 Å². The van der Waals surface area contributed by atoms with E-state index >= 15 is 0 Å². The van der Waals surface area contributed by atoms with Gasteiger partial charge in [0.25, 0.3) is 5.91 Å². The molecule has 0 spiro atoms. The van der Waals surface area contributed by atoms with Crippen molar-refractivity contribution in [3.8, 4) is 5.75 Å². The van der Waals surface area contributed by atoms with Crippen LogP contribution in [0.5, 0.6) is 5.75 Å². The largest absolute Gasteiger partial charge is 0.484 e. The van der Waals surface area contributed by atoms with E-state index in [1.807, 2.05) is 0 Å². The quantitative estimate of drug-likeness (QED) is 0.719. The summed E-state index contributed by atoms with van der Waals surface area (Å²) in [5.41, 5.74) is 1.06. The molecule has 0 aromatic heterocycles. The van der Waals surface area contributed by atoms with Crippen molar-refractivity contribution in [1.29, 1.82) is 0 Å². The van der Waals surface area contributed by atoms with Crippen LogP contribution in [0.15, 0.2) is 53.4 Å². The van der Waals surface area contributed by atoms with Crippen LogP contribution < -0.4 is 10.1 Å². The van der Waals surface area contributed by atoms with E-state index in [1.54, 1.807) is 36.4 Å². The summed E-state index contributed by atoms with van der Waals surface area (Å²) in [7, 11) is -3.47. The van der Waals surface area contributed by atoms with E-state index in [0.717, 1.165) is 12.8 Å². The number of benzene rings is 2. The predicted octanol–water partition coefficient (Wildman–Crippen LogP) is 2.69. The number of amides is 1. The van der Waals surface area contributed by atoms with Crippen LogP contribution in [-0.2, 0) is 14.8 Å². The van der Waals surface area contributed by atoms with Crippen LogP contribution in [0.4, 0.5) is 5.69 Å². The van der Waals surface area contributed by atoms with Crippen LogP contribution in [0.3, 0.4) is 0 Å². The highest BCUT2D eigenvalue weighted by molar-refractivity contribution is 7.89. The normalized spacial score (nSPS) is 14.6. The van der Waals surface area contributed by atoms with E-state index in [9.17, 15) is 18.0 Å². The summed E-state index contributed by atoms with van der Waals surface area (Å²) in [6, 6.07) is 12.6. The first-order valence-electron chi connectivity index (χ1n) is 9.00. The number of carbonyl (C=O) groups is 2. The predicted molar refractivity (Wildman–Crippen MR) is 105 cm³/mol. The highest BCUT2D eigenvalue weighted by Gasteiger charge is 2.26. The third kappa shape index (κ3) is 4.76. The fourth-order valence-electron chi connectivity index (χ4n) is 2.92. The molecular formula is C20H22N2O5S. The standard InChI is InChI=1S/C20H22N2O5S/c1-15(23)16-4-8-18(9-5-16)27-14-20(24)21-17-6-10-19(11-7-17)28(25,26)22-12-2-3-13-22/h4-11H,2-3,12-14H2,1H3,(H,21,24). The second kappa shape index (κ2) is 8.53. The van der Waals surface area contributed by atoms with Gasteiger partial charge in [-0.15, -0.1) is 0 Å². The maximum absolute atomic E-state index is 12.5. The lowest BCUT2D eigenvalue weighted by atomic mass is 10.1. The van der Waals surface area contributed by atoms with Gasteiger partial charge in [0.2, 0.25) is 10.0 Å². The Labute approximate surface area is 164 Å². The van der Waals surface area contributed by atoms with Gasteiger partial charge in [-0.25, -0.2) is 8.42 Å². The molecule has 0 unspecified atom stereocenters.